The van der Waals surface area contributed by atoms with Crippen molar-refractivity contribution in [3.8, 4) is 0 Å². The molecule has 0 aromatic carbocycles. The smallest absolute Gasteiger partial charge is 0.164 e. The Bertz CT molecular complexity index is 209. The Hall–Kier alpha value is -0.410. The maximum Gasteiger partial charge on any atom is 0.164 e. The van der Waals surface area contributed by atoms with E-state index in [1.807, 2.05) is 6.92 Å². The summed E-state index contributed by atoms with van der Waals surface area (Å²) in [6, 6.07) is 0. The van der Waals surface area contributed by atoms with Crippen LogP contribution in [0.3, 0.4) is 0 Å². The lowest BCUT2D eigenvalue weighted by Gasteiger charge is -1.88. The molecule has 5 heteroatoms. The van der Waals surface area contributed by atoms with Gasteiger partial charge < -0.3 is 5.73 Å². The van der Waals surface area contributed by atoms with Gasteiger partial charge in [-0.05, 0) is 6.92 Å². The van der Waals surface area contributed by atoms with Crippen LogP contribution in [0.2, 0.25) is 5.02 Å². The SMILES string of the molecule is Cc1c(Cl)c(N)nn1C.Cl. The molecule has 3 nitrogen and oxygen atoms in total. The third kappa shape index (κ3) is 1.36. The Morgan fingerprint density at radius 3 is 2.20 bits per heavy atom. The average Bonchev–Trinajstić information content (AvgIpc) is 1.98. The van der Waals surface area contributed by atoms with Crippen molar-refractivity contribution in [1.82, 2.24) is 9.78 Å². The normalized spacial score (nSPS) is 9.10. The van der Waals surface area contributed by atoms with Crippen LogP contribution >= 0.6 is 24.0 Å². The van der Waals surface area contributed by atoms with Crippen molar-refractivity contribution in [2.75, 3.05) is 5.73 Å². The Kier molecular flexibility index (Phi) is 2.99. The summed E-state index contributed by atoms with van der Waals surface area (Å²) in [5.41, 5.74) is 6.27. The maximum absolute atomic E-state index is 5.69. The van der Waals surface area contributed by atoms with Gasteiger partial charge in [-0.1, -0.05) is 11.6 Å². The second kappa shape index (κ2) is 3.12. The van der Waals surface area contributed by atoms with Crippen molar-refractivity contribution >= 4 is 29.8 Å². The number of hydrogen-bond donors (Lipinski definition) is 1. The summed E-state index contributed by atoms with van der Waals surface area (Å²) in [5.74, 6) is 0.400. The van der Waals surface area contributed by atoms with E-state index >= 15 is 0 Å². The fourth-order valence-corrected chi connectivity index (χ4v) is 0.768. The van der Waals surface area contributed by atoms with Gasteiger partial charge in [-0.3, -0.25) is 4.68 Å². The quantitative estimate of drug-likeness (QED) is 0.658. The minimum Gasteiger partial charge on any atom is -0.381 e. The predicted octanol–water partition coefficient (Wildman–Crippen LogP) is 1.39. The van der Waals surface area contributed by atoms with Crippen LogP contribution in [0.25, 0.3) is 0 Å². The number of rotatable bonds is 0. The zero-order valence-electron chi connectivity index (χ0n) is 5.76. The largest absolute Gasteiger partial charge is 0.381 e. The molecule has 58 valence electrons. The third-order valence-electron chi connectivity index (χ3n) is 1.29. The van der Waals surface area contributed by atoms with Crippen LogP contribution in [0, 0.1) is 6.92 Å². The summed E-state index contributed by atoms with van der Waals surface area (Å²) in [6.07, 6.45) is 0. The molecule has 0 atom stereocenters. The molecule has 1 rings (SSSR count). The standard InChI is InChI=1S/C5H8ClN3.ClH/c1-3-4(6)5(7)8-9(3)2;/h1-2H3,(H2,7,8);1H. The minimum atomic E-state index is 0. The summed E-state index contributed by atoms with van der Waals surface area (Å²) < 4.78 is 1.65. The number of aromatic nitrogens is 2. The Morgan fingerprint density at radius 2 is 2.10 bits per heavy atom. The molecule has 0 spiro atoms. The van der Waals surface area contributed by atoms with Crippen LogP contribution in [-0.2, 0) is 7.05 Å². The van der Waals surface area contributed by atoms with Gasteiger partial charge in [0.2, 0.25) is 0 Å². The van der Waals surface area contributed by atoms with Gasteiger partial charge in [-0.15, -0.1) is 12.4 Å². The highest BCUT2D eigenvalue weighted by Crippen LogP contribution is 2.19. The molecular formula is C5H9Cl2N3. The topological polar surface area (TPSA) is 43.8 Å². The van der Waals surface area contributed by atoms with Gasteiger partial charge in [0, 0.05) is 7.05 Å². The molecular weight excluding hydrogens is 173 g/mol. The highest BCUT2D eigenvalue weighted by atomic mass is 35.5. The van der Waals surface area contributed by atoms with Gasteiger partial charge in [0.25, 0.3) is 0 Å². The van der Waals surface area contributed by atoms with Gasteiger partial charge in [0.1, 0.15) is 5.02 Å². The van der Waals surface area contributed by atoms with E-state index in [1.165, 1.54) is 0 Å². The average molecular weight is 182 g/mol. The zero-order chi connectivity index (χ0) is 7.02. The number of nitrogens with zero attached hydrogens (tertiary/aromatic N) is 2. The first-order chi connectivity index (χ1) is 4.13. The van der Waals surface area contributed by atoms with Crippen molar-refractivity contribution in [3.05, 3.63) is 10.7 Å². The molecule has 0 aliphatic rings. The van der Waals surface area contributed by atoms with Crippen LogP contribution in [-0.4, -0.2) is 9.78 Å². The molecule has 0 saturated carbocycles. The van der Waals surface area contributed by atoms with Crippen molar-refractivity contribution in [3.63, 3.8) is 0 Å². The lowest BCUT2D eigenvalue weighted by Crippen LogP contribution is -1.93. The van der Waals surface area contributed by atoms with Gasteiger partial charge in [-0.2, -0.15) is 5.10 Å². The number of nitrogen functional groups attached to an aromatic ring is 1. The van der Waals surface area contributed by atoms with Gasteiger partial charge in [0.05, 0.1) is 5.69 Å². The summed E-state index contributed by atoms with van der Waals surface area (Å²) in [5, 5.41) is 4.43. The highest BCUT2D eigenvalue weighted by molar-refractivity contribution is 6.33. The molecule has 0 aliphatic carbocycles. The number of halogens is 2. The van der Waals surface area contributed by atoms with Gasteiger partial charge in [0.15, 0.2) is 5.82 Å². The second-order valence-electron chi connectivity index (χ2n) is 1.91. The lowest BCUT2D eigenvalue weighted by atomic mass is 10.5. The van der Waals surface area contributed by atoms with E-state index in [9.17, 15) is 0 Å². The highest BCUT2D eigenvalue weighted by Gasteiger charge is 2.04. The third-order valence-corrected chi connectivity index (χ3v) is 1.75. The number of hydrogen-bond acceptors (Lipinski definition) is 2. The van der Waals surface area contributed by atoms with Gasteiger partial charge >= 0.3 is 0 Å². The fourth-order valence-electron chi connectivity index (χ4n) is 0.608. The fraction of sp³-hybridized carbons (Fsp3) is 0.400. The van der Waals surface area contributed by atoms with E-state index in [0.29, 0.717) is 10.8 Å². The Labute approximate surface area is 70.6 Å². The molecule has 0 aliphatic heterocycles. The first-order valence-electron chi connectivity index (χ1n) is 2.57. The van der Waals surface area contributed by atoms with E-state index in [4.69, 9.17) is 17.3 Å². The van der Waals surface area contributed by atoms with Crippen molar-refractivity contribution in [1.29, 1.82) is 0 Å². The molecule has 0 amide bonds. The predicted molar refractivity (Wildman–Crippen MR) is 44.6 cm³/mol. The van der Waals surface area contributed by atoms with Gasteiger partial charge in [-0.25, -0.2) is 0 Å². The summed E-state index contributed by atoms with van der Waals surface area (Å²) >= 11 is 5.69. The molecule has 0 bridgehead atoms. The summed E-state index contributed by atoms with van der Waals surface area (Å²) in [4.78, 5) is 0. The Morgan fingerprint density at radius 1 is 1.60 bits per heavy atom. The minimum absolute atomic E-state index is 0. The van der Waals surface area contributed by atoms with Crippen molar-refractivity contribution in [2.24, 2.45) is 7.05 Å². The van der Waals surface area contributed by atoms with E-state index < -0.39 is 0 Å². The summed E-state index contributed by atoms with van der Waals surface area (Å²) in [7, 11) is 1.80. The van der Waals surface area contributed by atoms with Crippen molar-refractivity contribution in [2.45, 2.75) is 6.92 Å². The zero-order valence-corrected chi connectivity index (χ0v) is 7.33. The molecule has 0 saturated heterocycles. The van der Waals surface area contributed by atoms with Crippen LogP contribution < -0.4 is 5.73 Å². The lowest BCUT2D eigenvalue weighted by molar-refractivity contribution is 0.744. The summed E-state index contributed by atoms with van der Waals surface area (Å²) in [6.45, 7) is 1.87. The second-order valence-corrected chi connectivity index (χ2v) is 2.29. The molecule has 0 fully saturated rings. The molecule has 1 aromatic rings. The number of aryl methyl sites for hydroxylation is 1. The van der Waals surface area contributed by atoms with E-state index in [0.717, 1.165) is 5.69 Å². The van der Waals surface area contributed by atoms with Crippen molar-refractivity contribution < 1.29 is 0 Å². The molecule has 1 aromatic heterocycles. The Balaban J connectivity index is 0.000000810. The van der Waals surface area contributed by atoms with Crippen LogP contribution in [0.15, 0.2) is 0 Å². The molecule has 2 N–H and O–H groups in total. The van der Waals surface area contributed by atoms with Crippen LogP contribution in [0.5, 0.6) is 0 Å². The first kappa shape index (κ1) is 9.59. The monoisotopic (exact) mass is 181 g/mol. The first-order valence-corrected chi connectivity index (χ1v) is 2.95. The molecule has 10 heavy (non-hydrogen) atoms. The molecule has 0 radical (unpaired) electrons. The number of nitrogens with two attached hydrogens (primary N) is 1. The maximum atomic E-state index is 5.69. The van der Waals surface area contributed by atoms with E-state index in [1.54, 1.807) is 11.7 Å². The van der Waals surface area contributed by atoms with Crippen LogP contribution in [0.1, 0.15) is 5.69 Å². The van der Waals surface area contributed by atoms with E-state index in [2.05, 4.69) is 5.10 Å². The number of anilines is 1. The molecule has 0 unspecified atom stereocenters. The van der Waals surface area contributed by atoms with E-state index in [-0.39, 0.29) is 12.4 Å². The van der Waals surface area contributed by atoms with Crippen LogP contribution in [0.4, 0.5) is 5.82 Å². The molecule has 1 heterocycles.